The third kappa shape index (κ3) is 3.22. The molecular weight excluding hydrogens is 234 g/mol. The number of nitrogens with zero attached hydrogens (tertiary/aromatic N) is 1. The lowest BCUT2D eigenvalue weighted by Gasteiger charge is -2.56. The Morgan fingerprint density at radius 3 is 2.58 bits per heavy atom. The third-order valence-electron chi connectivity index (χ3n) is 5.56. The predicted octanol–water partition coefficient (Wildman–Crippen LogP) is 3.73. The van der Waals surface area contributed by atoms with Crippen molar-refractivity contribution in [2.75, 3.05) is 32.8 Å². The molecule has 3 aliphatic rings. The van der Waals surface area contributed by atoms with Gasteiger partial charge in [0.25, 0.3) is 0 Å². The number of fused-ring (bicyclic) bond motifs is 1. The van der Waals surface area contributed by atoms with Gasteiger partial charge in [0.05, 0.1) is 13.2 Å². The zero-order valence-corrected chi connectivity index (χ0v) is 13.2. The first-order chi connectivity index (χ1) is 9.09. The van der Waals surface area contributed by atoms with E-state index < -0.39 is 0 Å². The number of hydrogen-bond donors (Lipinski definition) is 0. The average Bonchev–Trinajstić information content (AvgIpc) is 2.43. The van der Waals surface area contributed by atoms with Crippen LogP contribution in [0.4, 0.5) is 0 Å². The summed E-state index contributed by atoms with van der Waals surface area (Å²) in [5.74, 6) is 1.79. The molecule has 2 bridgehead atoms. The standard InChI is InChI=1S/C17H31NO/c1-5-18(6-2)10-12-19-11-9-14-7-8-15-13-16(14)17(15,3)4/h7,15-16H,5-6,8-13H2,1-4H3/t15-,16-/m1/s1. The second-order valence-corrected chi connectivity index (χ2v) is 6.71. The SMILES string of the molecule is CCN(CC)CCOCCC1=CC[C@@H]2C[C@H]1C2(C)C. The van der Waals surface area contributed by atoms with Gasteiger partial charge in [0.15, 0.2) is 0 Å². The van der Waals surface area contributed by atoms with Crippen LogP contribution in [0.2, 0.25) is 0 Å². The van der Waals surface area contributed by atoms with Crippen molar-refractivity contribution < 1.29 is 4.74 Å². The maximum atomic E-state index is 5.82. The normalized spacial score (nSPS) is 28.2. The Kier molecular flexibility index (Phi) is 5.08. The lowest BCUT2D eigenvalue weighted by Crippen LogP contribution is -2.48. The molecule has 1 saturated carbocycles. The molecule has 110 valence electrons. The highest BCUT2D eigenvalue weighted by Crippen LogP contribution is 2.59. The molecule has 0 amide bonds. The van der Waals surface area contributed by atoms with Crippen molar-refractivity contribution in [2.24, 2.45) is 17.3 Å². The highest BCUT2D eigenvalue weighted by atomic mass is 16.5. The minimum atomic E-state index is 0.561. The maximum Gasteiger partial charge on any atom is 0.0593 e. The summed E-state index contributed by atoms with van der Waals surface area (Å²) in [6.45, 7) is 14.4. The van der Waals surface area contributed by atoms with Gasteiger partial charge in [0, 0.05) is 6.54 Å². The smallest absolute Gasteiger partial charge is 0.0593 e. The molecule has 1 fully saturated rings. The lowest BCUT2D eigenvalue weighted by atomic mass is 9.48. The Labute approximate surface area is 119 Å². The van der Waals surface area contributed by atoms with E-state index in [9.17, 15) is 0 Å². The van der Waals surface area contributed by atoms with E-state index >= 15 is 0 Å². The van der Waals surface area contributed by atoms with Crippen LogP contribution in [-0.4, -0.2) is 37.7 Å². The molecule has 0 aromatic carbocycles. The lowest BCUT2D eigenvalue weighted by molar-refractivity contribution is -0.0111. The molecule has 0 saturated heterocycles. The van der Waals surface area contributed by atoms with E-state index in [-0.39, 0.29) is 0 Å². The molecule has 0 heterocycles. The first kappa shape index (κ1) is 15.1. The zero-order valence-electron chi connectivity index (χ0n) is 13.2. The summed E-state index contributed by atoms with van der Waals surface area (Å²) in [7, 11) is 0. The van der Waals surface area contributed by atoms with Gasteiger partial charge in [-0.05, 0) is 49.6 Å². The van der Waals surface area contributed by atoms with Crippen molar-refractivity contribution in [3.05, 3.63) is 11.6 Å². The number of allylic oxidation sites excluding steroid dienone is 1. The zero-order chi connectivity index (χ0) is 13.9. The van der Waals surface area contributed by atoms with Crippen LogP contribution >= 0.6 is 0 Å². The van der Waals surface area contributed by atoms with Crippen molar-refractivity contribution in [3.8, 4) is 0 Å². The largest absolute Gasteiger partial charge is 0.380 e. The van der Waals surface area contributed by atoms with Gasteiger partial charge in [0.2, 0.25) is 0 Å². The molecule has 19 heavy (non-hydrogen) atoms. The Morgan fingerprint density at radius 2 is 2.00 bits per heavy atom. The van der Waals surface area contributed by atoms with Gasteiger partial charge in [-0.3, -0.25) is 0 Å². The number of rotatable bonds is 8. The summed E-state index contributed by atoms with van der Waals surface area (Å²) in [4.78, 5) is 2.42. The summed E-state index contributed by atoms with van der Waals surface area (Å²) in [5, 5.41) is 0. The van der Waals surface area contributed by atoms with Gasteiger partial charge < -0.3 is 9.64 Å². The molecular formula is C17H31NO. The van der Waals surface area contributed by atoms with E-state index in [1.54, 1.807) is 5.57 Å². The minimum Gasteiger partial charge on any atom is -0.380 e. The van der Waals surface area contributed by atoms with Gasteiger partial charge in [-0.2, -0.15) is 0 Å². The van der Waals surface area contributed by atoms with Gasteiger partial charge in [-0.1, -0.05) is 39.3 Å². The number of hydrogen-bond acceptors (Lipinski definition) is 2. The molecule has 2 atom stereocenters. The third-order valence-corrected chi connectivity index (χ3v) is 5.56. The van der Waals surface area contributed by atoms with Crippen LogP contribution in [0, 0.1) is 17.3 Å². The Morgan fingerprint density at radius 1 is 1.26 bits per heavy atom. The van der Waals surface area contributed by atoms with E-state index in [1.165, 1.54) is 12.8 Å². The molecule has 0 unspecified atom stereocenters. The maximum absolute atomic E-state index is 5.82. The molecule has 2 heteroatoms. The fourth-order valence-electron chi connectivity index (χ4n) is 3.78. The Hall–Kier alpha value is -0.340. The highest BCUT2D eigenvalue weighted by Gasteiger charge is 2.50. The Balaban J connectivity index is 1.63. The van der Waals surface area contributed by atoms with Crippen molar-refractivity contribution in [1.82, 2.24) is 4.90 Å². The van der Waals surface area contributed by atoms with Gasteiger partial charge >= 0.3 is 0 Å². The van der Waals surface area contributed by atoms with E-state index in [4.69, 9.17) is 4.74 Å². The van der Waals surface area contributed by atoms with E-state index in [2.05, 4.69) is 38.7 Å². The molecule has 3 aliphatic carbocycles. The van der Waals surface area contributed by atoms with Crippen LogP contribution in [0.5, 0.6) is 0 Å². The fraction of sp³-hybridized carbons (Fsp3) is 0.882. The van der Waals surface area contributed by atoms with Crippen LogP contribution < -0.4 is 0 Å². The van der Waals surface area contributed by atoms with Gasteiger partial charge in [0.1, 0.15) is 0 Å². The molecule has 0 aromatic rings. The summed E-state index contributed by atoms with van der Waals surface area (Å²) < 4.78 is 5.82. The summed E-state index contributed by atoms with van der Waals surface area (Å²) in [6, 6.07) is 0. The minimum absolute atomic E-state index is 0.561. The summed E-state index contributed by atoms with van der Waals surface area (Å²) >= 11 is 0. The number of ether oxygens (including phenoxy) is 1. The van der Waals surface area contributed by atoms with Crippen molar-refractivity contribution in [2.45, 2.75) is 47.0 Å². The molecule has 0 N–H and O–H groups in total. The van der Waals surface area contributed by atoms with E-state index in [1.807, 2.05) is 0 Å². The molecule has 2 nitrogen and oxygen atoms in total. The molecule has 0 spiro atoms. The number of likely N-dealkylation sites (N-methyl/N-ethyl adjacent to an activating group) is 1. The van der Waals surface area contributed by atoms with Crippen LogP contribution in [0.1, 0.15) is 47.0 Å². The highest BCUT2D eigenvalue weighted by molar-refractivity contribution is 5.23. The Bertz CT molecular complexity index is 317. The monoisotopic (exact) mass is 265 g/mol. The second-order valence-electron chi connectivity index (χ2n) is 6.71. The predicted molar refractivity (Wildman–Crippen MR) is 81.3 cm³/mol. The average molecular weight is 265 g/mol. The summed E-state index contributed by atoms with van der Waals surface area (Å²) in [5.41, 5.74) is 2.24. The first-order valence-corrected chi connectivity index (χ1v) is 8.08. The second kappa shape index (κ2) is 6.41. The van der Waals surface area contributed by atoms with Crippen molar-refractivity contribution >= 4 is 0 Å². The topological polar surface area (TPSA) is 12.5 Å². The van der Waals surface area contributed by atoms with Gasteiger partial charge in [-0.15, -0.1) is 0 Å². The van der Waals surface area contributed by atoms with Crippen LogP contribution in [0.25, 0.3) is 0 Å². The van der Waals surface area contributed by atoms with Crippen LogP contribution in [0.3, 0.4) is 0 Å². The molecule has 0 radical (unpaired) electrons. The van der Waals surface area contributed by atoms with E-state index in [0.717, 1.165) is 51.1 Å². The molecule has 0 aliphatic heterocycles. The molecule has 3 rings (SSSR count). The van der Waals surface area contributed by atoms with Gasteiger partial charge in [-0.25, -0.2) is 0 Å². The van der Waals surface area contributed by atoms with Crippen LogP contribution in [-0.2, 0) is 4.74 Å². The van der Waals surface area contributed by atoms with Crippen molar-refractivity contribution in [1.29, 1.82) is 0 Å². The molecule has 0 aromatic heterocycles. The van der Waals surface area contributed by atoms with E-state index in [0.29, 0.717) is 5.41 Å². The van der Waals surface area contributed by atoms with Crippen molar-refractivity contribution in [3.63, 3.8) is 0 Å². The first-order valence-electron chi connectivity index (χ1n) is 8.08. The summed E-state index contributed by atoms with van der Waals surface area (Å²) in [6.07, 6.45) is 6.38. The quantitative estimate of drug-likeness (QED) is 0.490. The fourth-order valence-corrected chi connectivity index (χ4v) is 3.78. The van der Waals surface area contributed by atoms with Crippen LogP contribution in [0.15, 0.2) is 11.6 Å².